The van der Waals surface area contributed by atoms with Crippen LogP contribution in [0.15, 0.2) is 10.9 Å². The molecule has 3 amide bonds. The van der Waals surface area contributed by atoms with Gasteiger partial charge in [0.15, 0.2) is 0 Å². The molecule has 2 rings (SSSR count). The molecule has 0 radical (unpaired) electrons. The number of nitrogens with one attached hydrogen (secondary N) is 4. The van der Waals surface area contributed by atoms with Crippen molar-refractivity contribution >= 4 is 11.9 Å². The molecule has 1 saturated carbocycles. The molecule has 0 aromatic carbocycles. The van der Waals surface area contributed by atoms with E-state index in [4.69, 9.17) is 0 Å². The van der Waals surface area contributed by atoms with Crippen molar-refractivity contribution in [2.24, 2.45) is 0 Å². The summed E-state index contributed by atoms with van der Waals surface area (Å²) >= 11 is 0. The third-order valence-electron chi connectivity index (χ3n) is 4.76. The van der Waals surface area contributed by atoms with Gasteiger partial charge in [0.05, 0.1) is 0 Å². The summed E-state index contributed by atoms with van der Waals surface area (Å²) in [6.07, 6.45) is 6.58. The third-order valence-corrected chi connectivity index (χ3v) is 4.76. The first-order valence-corrected chi connectivity index (χ1v) is 9.46. The first-order valence-electron chi connectivity index (χ1n) is 9.46. The van der Waals surface area contributed by atoms with Crippen LogP contribution >= 0.6 is 0 Å². The molecule has 1 aromatic heterocycles. The molecule has 0 saturated heterocycles. The van der Waals surface area contributed by atoms with Crippen molar-refractivity contribution in [3.05, 3.63) is 33.2 Å². The average molecular weight is 362 g/mol. The quantitative estimate of drug-likeness (QED) is 0.558. The van der Waals surface area contributed by atoms with Gasteiger partial charge in [-0.25, -0.2) is 4.79 Å². The lowest BCUT2D eigenvalue weighted by atomic mass is 9.96. The number of carbonyl (C=O) groups is 2. The van der Waals surface area contributed by atoms with E-state index in [2.05, 4.69) is 20.9 Å². The first kappa shape index (κ1) is 20.0. The van der Waals surface area contributed by atoms with Crippen molar-refractivity contribution in [2.75, 3.05) is 6.54 Å². The van der Waals surface area contributed by atoms with E-state index in [9.17, 15) is 14.4 Å². The van der Waals surface area contributed by atoms with E-state index < -0.39 is 0 Å². The summed E-state index contributed by atoms with van der Waals surface area (Å²) < 4.78 is 0. The van der Waals surface area contributed by atoms with Crippen LogP contribution in [0, 0.1) is 13.8 Å². The second-order valence-corrected chi connectivity index (χ2v) is 7.06. The molecule has 1 fully saturated rings. The minimum atomic E-state index is -0.163. The summed E-state index contributed by atoms with van der Waals surface area (Å²) in [7, 11) is 0. The van der Waals surface area contributed by atoms with E-state index in [0.717, 1.165) is 24.1 Å². The number of rotatable bonds is 7. The van der Waals surface area contributed by atoms with Gasteiger partial charge in [0.25, 0.3) is 5.56 Å². The van der Waals surface area contributed by atoms with Crippen LogP contribution in [0.2, 0.25) is 0 Å². The fraction of sp³-hybridized carbons (Fsp3) is 0.632. The average Bonchev–Trinajstić information content (AvgIpc) is 2.58. The Morgan fingerprint density at radius 1 is 1.15 bits per heavy atom. The molecule has 1 aromatic rings. The molecule has 1 aliphatic carbocycles. The summed E-state index contributed by atoms with van der Waals surface area (Å²) in [5, 5.41) is 8.55. The van der Waals surface area contributed by atoms with Gasteiger partial charge in [-0.1, -0.05) is 19.3 Å². The lowest BCUT2D eigenvalue weighted by Crippen LogP contribution is -2.43. The number of hydrogen-bond acceptors (Lipinski definition) is 3. The van der Waals surface area contributed by atoms with Crippen LogP contribution < -0.4 is 21.5 Å². The Hall–Kier alpha value is -2.31. The number of H-pyrrole nitrogens is 1. The van der Waals surface area contributed by atoms with E-state index >= 15 is 0 Å². The predicted molar refractivity (Wildman–Crippen MR) is 101 cm³/mol. The minimum absolute atomic E-state index is 0.126. The molecule has 7 nitrogen and oxygen atoms in total. The number of carbonyl (C=O) groups excluding carboxylic acids is 2. The number of urea groups is 1. The Morgan fingerprint density at radius 2 is 1.88 bits per heavy atom. The third kappa shape index (κ3) is 6.54. The second-order valence-electron chi connectivity index (χ2n) is 7.06. The number of aromatic amines is 1. The minimum Gasteiger partial charge on any atom is -0.352 e. The van der Waals surface area contributed by atoms with Gasteiger partial charge in [0, 0.05) is 36.8 Å². The van der Waals surface area contributed by atoms with Gasteiger partial charge in [-0.05, 0) is 44.7 Å². The van der Waals surface area contributed by atoms with Crippen LogP contribution in [0.25, 0.3) is 0 Å². The monoisotopic (exact) mass is 362 g/mol. The summed E-state index contributed by atoms with van der Waals surface area (Å²) in [6, 6.07) is 2.01. The fourth-order valence-corrected chi connectivity index (χ4v) is 3.31. The molecule has 1 heterocycles. The molecule has 0 unspecified atom stereocenters. The van der Waals surface area contributed by atoms with Gasteiger partial charge in [-0.2, -0.15) is 0 Å². The maximum absolute atomic E-state index is 11.9. The van der Waals surface area contributed by atoms with Gasteiger partial charge in [0.1, 0.15) is 0 Å². The van der Waals surface area contributed by atoms with Crippen molar-refractivity contribution < 1.29 is 9.59 Å². The zero-order chi connectivity index (χ0) is 18.9. The SMILES string of the molecule is Cc1cc(C)c(CNC(=O)CCCNC(=O)NC2CCCCC2)c(=O)[nH]1. The predicted octanol–water partition coefficient (Wildman–Crippen LogP) is 2.02. The van der Waals surface area contributed by atoms with E-state index in [0.29, 0.717) is 24.9 Å². The highest BCUT2D eigenvalue weighted by molar-refractivity contribution is 5.76. The van der Waals surface area contributed by atoms with Gasteiger partial charge in [0.2, 0.25) is 5.91 Å². The molecule has 144 valence electrons. The second kappa shape index (κ2) is 9.99. The summed E-state index contributed by atoms with van der Waals surface area (Å²) in [5.41, 5.74) is 2.09. The number of amides is 3. The largest absolute Gasteiger partial charge is 0.352 e. The Bertz CT molecular complexity index is 678. The van der Waals surface area contributed by atoms with Gasteiger partial charge in [-0.3, -0.25) is 9.59 Å². The van der Waals surface area contributed by atoms with E-state index in [1.54, 1.807) is 0 Å². The van der Waals surface area contributed by atoms with Crippen LogP contribution in [-0.4, -0.2) is 29.5 Å². The Labute approximate surface area is 154 Å². The molecule has 0 spiro atoms. The molecular formula is C19H30N4O3. The smallest absolute Gasteiger partial charge is 0.315 e. The van der Waals surface area contributed by atoms with Crippen molar-refractivity contribution in [1.82, 2.24) is 20.9 Å². The highest BCUT2D eigenvalue weighted by Crippen LogP contribution is 2.17. The van der Waals surface area contributed by atoms with Gasteiger partial charge in [-0.15, -0.1) is 0 Å². The molecular weight excluding hydrogens is 332 g/mol. The van der Waals surface area contributed by atoms with Crippen molar-refractivity contribution in [3.8, 4) is 0 Å². The van der Waals surface area contributed by atoms with Crippen molar-refractivity contribution in [2.45, 2.75) is 71.4 Å². The number of pyridine rings is 1. The normalized spacial score (nSPS) is 14.7. The maximum Gasteiger partial charge on any atom is 0.315 e. The van der Waals surface area contributed by atoms with Crippen LogP contribution in [0.5, 0.6) is 0 Å². The van der Waals surface area contributed by atoms with Crippen molar-refractivity contribution in [3.63, 3.8) is 0 Å². The summed E-state index contributed by atoms with van der Waals surface area (Å²) in [5.74, 6) is -0.126. The van der Waals surface area contributed by atoms with E-state index in [1.165, 1.54) is 19.3 Å². The zero-order valence-electron chi connectivity index (χ0n) is 15.7. The highest BCUT2D eigenvalue weighted by Gasteiger charge is 2.15. The number of aromatic nitrogens is 1. The molecule has 26 heavy (non-hydrogen) atoms. The number of hydrogen-bond donors (Lipinski definition) is 4. The Balaban J connectivity index is 1.62. The number of aryl methyl sites for hydroxylation is 2. The Kier molecular flexibility index (Phi) is 7.69. The molecule has 0 bridgehead atoms. The van der Waals surface area contributed by atoms with Crippen LogP contribution in [-0.2, 0) is 11.3 Å². The summed E-state index contributed by atoms with van der Waals surface area (Å²) in [6.45, 7) is 4.36. The highest BCUT2D eigenvalue weighted by atomic mass is 16.2. The van der Waals surface area contributed by atoms with E-state index in [-0.39, 0.29) is 30.1 Å². The molecule has 4 N–H and O–H groups in total. The van der Waals surface area contributed by atoms with Crippen LogP contribution in [0.4, 0.5) is 4.79 Å². The molecule has 1 aliphatic rings. The van der Waals surface area contributed by atoms with Crippen LogP contribution in [0.3, 0.4) is 0 Å². The standard InChI is InChI=1S/C19H30N4O3/c1-13-11-14(2)22-18(25)16(13)12-21-17(24)9-6-10-20-19(26)23-15-7-4-3-5-8-15/h11,15H,3-10,12H2,1-2H3,(H,21,24)(H,22,25)(H2,20,23,26). The molecule has 0 atom stereocenters. The topological polar surface area (TPSA) is 103 Å². The molecule has 7 heteroatoms. The zero-order valence-corrected chi connectivity index (χ0v) is 15.7. The van der Waals surface area contributed by atoms with Gasteiger partial charge < -0.3 is 20.9 Å². The molecule has 0 aliphatic heterocycles. The fourth-order valence-electron chi connectivity index (χ4n) is 3.31. The van der Waals surface area contributed by atoms with Crippen LogP contribution in [0.1, 0.15) is 61.8 Å². The lowest BCUT2D eigenvalue weighted by Gasteiger charge is -2.22. The Morgan fingerprint density at radius 3 is 2.58 bits per heavy atom. The summed E-state index contributed by atoms with van der Waals surface area (Å²) in [4.78, 5) is 38.4. The van der Waals surface area contributed by atoms with Gasteiger partial charge >= 0.3 is 6.03 Å². The maximum atomic E-state index is 11.9. The first-order chi connectivity index (χ1) is 12.5. The lowest BCUT2D eigenvalue weighted by molar-refractivity contribution is -0.121. The van der Waals surface area contributed by atoms with E-state index in [1.807, 2.05) is 19.9 Å². The van der Waals surface area contributed by atoms with Crippen molar-refractivity contribution in [1.29, 1.82) is 0 Å².